The van der Waals surface area contributed by atoms with E-state index in [2.05, 4.69) is 73.6 Å². The predicted molar refractivity (Wildman–Crippen MR) is 137 cm³/mol. The Morgan fingerprint density at radius 1 is 0.967 bits per heavy atom. The van der Waals surface area contributed by atoms with E-state index < -0.39 is 0 Å². The fourth-order valence-electron chi connectivity index (χ4n) is 2.69. The minimum Gasteiger partial charge on any atom is -0.359 e. The molecule has 0 aliphatic carbocycles. The normalized spacial score (nSPS) is 9.93. The van der Waals surface area contributed by atoms with E-state index in [9.17, 15) is 4.79 Å². The number of hydrogen-bond acceptors (Lipinski definition) is 1. The van der Waals surface area contributed by atoms with Crippen LogP contribution in [0.25, 0.3) is 22.8 Å². The van der Waals surface area contributed by atoms with Crippen molar-refractivity contribution >= 4 is 17.6 Å². The average Bonchev–Trinajstić information content (AvgIpc) is 2.75. The van der Waals surface area contributed by atoms with Crippen molar-refractivity contribution in [3.8, 4) is 11.1 Å². The quantitative estimate of drug-likeness (QED) is 0.482. The van der Waals surface area contributed by atoms with E-state index in [4.69, 9.17) is 0 Å². The second-order valence-corrected chi connectivity index (χ2v) is 6.61. The molecule has 2 aromatic rings. The monoisotopic (exact) mass is 407 g/mol. The lowest BCUT2D eigenvalue weighted by atomic mass is 9.98. The first-order chi connectivity index (χ1) is 13.8. The number of benzene rings is 2. The molecule has 0 heterocycles. The Bertz CT molecular complexity index is 782. The van der Waals surface area contributed by atoms with Crippen LogP contribution < -0.4 is 5.32 Å². The number of rotatable bonds is 6. The standard InChI is InChI=1S/C17H16.C8H15NO.C2H6.CH4/c1-4-14-5-7-16(8-6-14)17-11-9-15(10-12-17)13(2)3;1-5-7(6(2)3)8(10)9-4;1-2;/h4-12H,1-2H2,3H3;7H,2,5H2,1,3-4H3,(H,9,10);1-2H3;1H4. The zero-order valence-corrected chi connectivity index (χ0v) is 19.0. The summed E-state index contributed by atoms with van der Waals surface area (Å²) in [7, 11) is 1.65. The molecule has 0 bridgehead atoms. The molecule has 1 atom stereocenters. The highest BCUT2D eigenvalue weighted by Crippen LogP contribution is 2.22. The lowest BCUT2D eigenvalue weighted by molar-refractivity contribution is -0.123. The molecule has 0 aliphatic rings. The molecule has 2 aromatic carbocycles. The lowest BCUT2D eigenvalue weighted by Gasteiger charge is -2.11. The molecule has 0 saturated heterocycles. The van der Waals surface area contributed by atoms with Gasteiger partial charge in [-0.15, -0.1) is 0 Å². The number of nitrogens with one attached hydrogen (secondary N) is 1. The smallest absolute Gasteiger partial charge is 0.226 e. The Balaban J connectivity index is 0. The van der Waals surface area contributed by atoms with Gasteiger partial charge in [-0.2, -0.15) is 0 Å². The molecule has 2 nitrogen and oxygen atoms in total. The zero-order chi connectivity index (χ0) is 22.4. The van der Waals surface area contributed by atoms with Gasteiger partial charge in [0.2, 0.25) is 5.91 Å². The summed E-state index contributed by atoms with van der Waals surface area (Å²) in [5.41, 5.74) is 6.82. The number of hydrogen-bond donors (Lipinski definition) is 1. The van der Waals surface area contributed by atoms with Gasteiger partial charge in [0.15, 0.2) is 0 Å². The molecule has 1 amide bonds. The third-order valence-corrected chi connectivity index (χ3v) is 4.42. The fourth-order valence-corrected chi connectivity index (χ4v) is 2.69. The molecular formula is C28H41NO. The number of amides is 1. The van der Waals surface area contributed by atoms with Crippen LogP contribution in [-0.4, -0.2) is 13.0 Å². The van der Waals surface area contributed by atoms with E-state index >= 15 is 0 Å². The van der Waals surface area contributed by atoms with Gasteiger partial charge in [0.1, 0.15) is 0 Å². The summed E-state index contributed by atoms with van der Waals surface area (Å²) >= 11 is 0. The van der Waals surface area contributed by atoms with Crippen LogP contribution in [-0.2, 0) is 4.79 Å². The van der Waals surface area contributed by atoms with Gasteiger partial charge >= 0.3 is 0 Å². The Labute approximate surface area is 185 Å². The Hall–Kier alpha value is -2.87. The van der Waals surface area contributed by atoms with Gasteiger partial charge in [0, 0.05) is 7.05 Å². The topological polar surface area (TPSA) is 29.1 Å². The van der Waals surface area contributed by atoms with Crippen LogP contribution in [0.5, 0.6) is 0 Å². The molecule has 1 unspecified atom stereocenters. The fraction of sp³-hybridized carbons (Fsp3) is 0.321. The highest BCUT2D eigenvalue weighted by Gasteiger charge is 2.14. The Morgan fingerprint density at radius 3 is 1.67 bits per heavy atom. The highest BCUT2D eigenvalue weighted by atomic mass is 16.1. The van der Waals surface area contributed by atoms with Gasteiger partial charge in [-0.05, 0) is 42.5 Å². The second kappa shape index (κ2) is 16.0. The van der Waals surface area contributed by atoms with Gasteiger partial charge in [-0.3, -0.25) is 4.79 Å². The molecule has 164 valence electrons. The van der Waals surface area contributed by atoms with Crippen molar-refractivity contribution in [2.45, 2.75) is 48.5 Å². The molecule has 0 aromatic heterocycles. The molecule has 30 heavy (non-hydrogen) atoms. The summed E-state index contributed by atoms with van der Waals surface area (Å²) < 4.78 is 0. The molecular weight excluding hydrogens is 366 g/mol. The highest BCUT2D eigenvalue weighted by molar-refractivity contribution is 5.80. The van der Waals surface area contributed by atoms with Crippen molar-refractivity contribution in [3.63, 3.8) is 0 Å². The van der Waals surface area contributed by atoms with Gasteiger partial charge < -0.3 is 5.32 Å². The maximum Gasteiger partial charge on any atom is 0.226 e. The predicted octanol–water partition coefficient (Wildman–Crippen LogP) is 8.03. The van der Waals surface area contributed by atoms with Crippen LogP contribution >= 0.6 is 0 Å². The first-order valence-electron chi connectivity index (χ1n) is 10.2. The van der Waals surface area contributed by atoms with E-state index in [-0.39, 0.29) is 19.3 Å². The van der Waals surface area contributed by atoms with Crippen LogP contribution in [0, 0.1) is 5.92 Å². The third kappa shape index (κ3) is 9.56. The SMILES string of the molecule is C.C=C(C)C(CC)C(=O)NC.C=Cc1ccc(-c2ccc(C(=C)C)cc2)cc1.CC. The van der Waals surface area contributed by atoms with Crippen LogP contribution in [0.2, 0.25) is 0 Å². The van der Waals surface area contributed by atoms with E-state index in [0.717, 1.165) is 23.1 Å². The minimum absolute atomic E-state index is 0. The van der Waals surface area contributed by atoms with Crippen LogP contribution in [0.3, 0.4) is 0 Å². The summed E-state index contributed by atoms with van der Waals surface area (Å²) in [5, 5.41) is 2.60. The number of allylic oxidation sites excluding steroid dienone is 1. The van der Waals surface area contributed by atoms with Gasteiger partial charge in [-0.25, -0.2) is 0 Å². The van der Waals surface area contributed by atoms with Crippen LogP contribution in [0.1, 0.15) is 59.6 Å². The van der Waals surface area contributed by atoms with E-state index in [1.165, 1.54) is 16.7 Å². The minimum atomic E-state index is -0.00926. The van der Waals surface area contributed by atoms with E-state index in [1.54, 1.807) is 7.05 Å². The van der Waals surface area contributed by atoms with Crippen molar-refractivity contribution < 1.29 is 4.79 Å². The number of carbonyl (C=O) groups excluding carboxylic acids is 1. The molecule has 2 heteroatoms. The second-order valence-electron chi connectivity index (χ2n) is 6.61. The van der Waals surface area contributed by atoms with Crippen molar-refractivity contribution in [1.29, 1.82) is 0 Å². The van der Waals surface area contributed by atoms with E-state index in [1.807, 2.05) is 40.7 Å². The first kappa shape index (κ1) is 29.3. The first-order valence-corrected chi connectivity index (χ1v) is 10.2. The van der Waals surface area contributed by atoms with Crippen molar-refractivity contribution in [2.75, 3.05) is 7.05 Å². The van der Waals surface area contributed by atoms with Gasteiger partial charge in [0.25, 0.3) is 0 Å². The largest absolute Gasteiger partial charge is 0.359 e. The molecule has 1 N–H and O–H groups in total. The van der Waals surface area contributed by atoms with Crippen LogP contribution in [0.4, 0.5) is 0 Å². The maximum atomic E-state index is 11.0. The number of carbonyl (C=O) groups is 1. The zero-order valence-electron chi connectivity index (χ0n) is 19.0. The molecule has 0 radical (unpaired) electrons. The third-order valence-electron chi connectivity index (χ3n) is 4.42. The van der Waals surface area contributed by atoms with Crippen molar-refractivity contribution in [3.05, 3.63) is 85.0 Å². The summed E-state index contributed by atoms with van der Waals surface area (Å²) in [6.45, 7) is 21.3. The van der Waals surface area contributed by atoms with E-state index in [0.29, 0.717) is 0 Å². The summed E-state index contributed by atoms with van der Waals surface area (Å²) in [4.78, 5) is 11.0. The lowest BCUT2D eigenvalue weighted by Crippen LogP contribution is -2.27. The summed E-state index contributed by atoms with van der Waals surface area (Å²) in [6, 6.07) is 16.9. The maximum absolute atomic E-state index is 11.0. The molecule has 0 aliphatic heterocycles. The van der Waals surface area contributed by atoms with Gasteiger partial charge in [0.05, 0.1) is 5.92 Å². The summed E-state index contributed by atoms with van der Waals surface area (Å²) in [5.74, 6) is 0.0556. The Kier molecular flexibility index (Phi) is 15.6. The molecule has 0 saturated carbocycles. The average molecular weight is 408 g/mol. The molecule has 0 spiro atoms. The summed E-state index contributed by atoms with van der Waals surface area (Å²) in [6.07, 6.45) is 2.68. The van der Waals surface area contributed by atoms with Crippen molar-refractivity contribution in [2.24, 2.45) is 5.92 Å². The molecule has 0 fully saturated rings. The Morgan fingerprint density at radius 2 is 1.40 bits per heavy atom. The van der Waals surface area contributed by atoms with Crippen molar-refractivity contribution in [1.82, 2.24) is 5.32 Å². The van der Waals surface area contributed by atoms with Crippen LogP contribution in [0.15, 0.2) is 73.8 Å². The van der Waals surface area contributed by atoms with Gasteiger partial charge in [-0.1, -0.05) is 114 Å². The molecule has 2 rings (SSSR count).